The third-order valence-corrected chi connectivity index (χ3v) is 6.29. The molecule has 0 N–H and O–H groups in total. The van der Waals surface area contributed by atoms with Crippen molar-refractivity contribution in [2.75, 3.05) is 4.90 Å². The van der Waals surface area contributed by atoms with Gasteiger partial charge in [-0.2, -0.15) is 0 Å². The monoisotopic (exact) mass is 511 g/mol. The molecule has 0 saturated carbocycles. The molecule has 0 bridgehead atoms. The number of anilines is 1. The molecule has 1 atom stereocenters. The molecule has 2 heterocycles. The molecule has 4 rings (SSSR count). The Morgan fingerprint density at radius 2 is 1.68 bits per heavy atom. The van der Waals surface area contributed by atoms with Crippen LogP contribution < -0.4 is 4.90 Å². The molecule has 0 fully saturated rings. The van der Waals surface area contributed by atoms with Crippen molar-refractivity contribution in [3.8, 4) is 0 Å². The second-order valence-corrected chi connectivity index (χ2v) is 9.40. The lowest BCUT2D eigenvalue weighted by molar-refractivity contribution is -0.149. The number of rotatable bonds is 8. The zero-order valence-corrected chi connectivity index (χ0v) is 20.1. The molecule has 4 aromatic rings. The maximum Gasteiger partial charge on any atom is 0.323 e. The Morgan fingerprint density at radius 3 is 2.32 bits per heavy atom. The summed E-state index contributed by atoms with van der Waals surface area (Å²) in [6.45, 7) is 0.175. The number of ether oxygens (including phenoxy) is 1. The Kier molecular flexibility index (Phi) is 7.90. The zero-order valence-electron chi connectivity index (χ0n) is 17.8. The molecule has 0 aliphatic rings. The summed E-state index contributed by atoms with van der Waals surface area (Å²) in [5.41, 5.74) is 1.29. The second kappa shape index (κ2) is 11.2. The molecule has 2 aromatic heterocycles. The first-order chi connectivity index (χ1) is 16.5. The summed E-state index contributed by atoms with van der Waals surface area (Å²) < 4.78 is 5.93. The summed E-state index contributed by atoms with van der Waals surface area (Å²) in [4.78, 5) is 37.7. The molecular weight excluding hydrogens is 493 g/mol. The van der Waals surface area contributed by atoms with Crippen LogP contribution in [0.1, 0.15) is 21.9 Å². The van der Waals surface area contributed by atoms with E-state index in [9.17, 15) is 9.59 Å². The van der Waals surface area contributed by atoms with Crippen LogP contribution in [0.5, 0.6) is 0 Å². The number of benzene rings is 2. The fourth-order valence-electron chi connectivity index (χ4n) is 3.30. The summed E-state index contributed by atoms with van der Waals surface area (Å²) in [5.74, 6) is -1.90. The van der Waals surface area contributed by atoms with Gasteiger partial charge in [0.15, 0.2) is 10.4 Å². The second-order valence-electron chi connectivity index (χ2n) is 7.27. The van der Waals surface area contributed by atoms with E-state index in [0.29, 0.717) is 20.9 Å². The number of esters is 1. The first-order valence-electron chi connectivity index (χ1n) is 10.3. The van der Waals surface area contributed by atoms with Gasteiger partial charge in [-0.05, 0) is 35.4 Å². The van der Waals surface area contributed by atoms with E-state index in [2.05, 4.69) is 9.97 Å². The van der Waals surface area contributed by atoms with Gasteiger partial charge in [-0.15, -0.1) is 11.3 Å². The molecular formula is C25H19Cl2N3O3S. The van der Waals surface area contributed by atoms with Crippen LogP contribution in [0.25, 0.3) is 0 Å². The summed E-state index contributed by atoms with van der Waals surface area (Å²) in [6, 6.07) is 21.0. The molecule has 34 heavy (non-hydrogen) atoms. The number of hydrogen-bond acceptors (Lipinski definition) is 6. The SMILES string of the molecule is O=C(OCc1ccc(Cl)cc1)C(C(=O)N(Cc1cnc(Cl)s1)c1ccccn1)c1ccccc1. The Balaban J connectivity index is 1.64. The molecule has 172 valence electrons. The van der Waals surface area contributed by atoms with Crippen LogP contribution in [0.15, 0.2) is 85.2 Å². The highest BCUT2D eigenvalue weighted by Gasteiger charge is 2.35. The third-order valence-electron chi connectivity index (χ3n) is 4.94. The van der Waals surface area contributed by atoms with Crippen molar-refractivity contribution in [3.05, 3.63) is 111 Å². The van der Waals surface area contributed by atoms with Gasteiger partial charge in [-0.1, -0.05) is 71.7 Å². The quantitative estimate of drug-likeness (QED) is 0.217. The van der Waals surface area contributed by atoms with Crippen LogP contribution >= 0.6 is 34.5 Å². The number of hydrogen-bond donors (Lipinski definition) is 0. The summed E-state index contributed by atoms with van der Waals surface area (Å²) in [6.07, 6.45) is 3.19. The van der Waals surface area contributed by atoms with Gasteiger partial charge in [0.25, 0.3) is 0 Å². The Labute approximate surface area is 210 Å². The summed E-state index contributed by atoms with van der Waals surface area (Å²) in [5, 5.41) is 0.585. The largest absolute Gasteiger partial charge is 0.460 e. The zero-order chi connectivity index (χ0) is 23.9. The third kappa shape index (κ3) is 5.99. The predicted molar refractivity (Wildman–Crippen MR) is 133 cm³/mol. The van der Waals surface area contributed by atoms with E-state index >= 15 is 0 Å². The molecule has 9 heteroatoms. The maximum atomic E-state index is 13.9. The Morgan fingerprint density at radius 1 is 0.941 bits per heavy atom. The van der Waals surface area contributed by atoms with Crippen molar-refractivity contribution in [1.82, 2.24) is 9.97 Å². The molecule has 0 saturated heterocycles. The predicted octanol–water partition coefficient (Wildman–Crippen LogP) is 5.91. The number of carbonyl (C=O) groups excluding carboxylic acids is 2. The average Bonchev–Trinajstić information content (AvgIpc) is 3.28. The summed E-state index contributed by atoms with van der Waals surface area (Å²) in [7, 11) is 0. The number of thiazole rings is 1. The minimum Gasteiger partial charge on any atom is -0.460 e. The van der Waals surface area contributed by atoms with Crippen LogP contribution in [-0.2, 0) is 27.5 Å². The van der Waals surface area contributed by atoms with Gasteiger partial charge in [0, 0.05) is 22.3 Å². The van der Waals surface area contributed by atoms with Gasteiger partial charge >= 0.3 is 5.97 Å². The van der Waals surface area contributed by atoms with Gasteiger partial charge in [0.2, 0.25) is 5.91 Å². The molecule has 6 nitrogen and oxygen atoms in total. The first-order valence-corrected chi connectivity index (χ1v) is 11.9. The molecule has 1 unspecified atom stereocenters. The van der Waals surface area contributed by atoms with Crippen molar-refractivity contribution in [3.63, 3.8) is 0 Å². The van der Waals surface area contributed by atoms with Crippen molar-refractivity contribution in [2.45, 2.75) is 19.1 Å². The van der Waals surface area contributed by atoms with Crippen molar-refractivity contribution < 1.29 is 14.3 Å². The lowest BCUT2D eigenvalue weighted by Gasteiger charge is -2.25. The van der Waals surface area contributed by atoms with Gasteiger partial charge in [-0.3, -0.25) is 14.5 Å². The normalized spacial score (nSPS) is 11.6. The van der Waals surface area contributed by atoms with E-state index in [4.69, 9.17) is 27.9 Å². The van der Waals surface area contributed by atoms with Crippen LogP contribution in [0.3, 0.4) is 0 Å². The maximum absolute atomic E-state index is 13.9. The highest BCUT2D eigenvalue weighted by Crippen LogP contribution is 2.27. The van der Waals surface area contributed by atoms with Crippen molar-refractivity contribution in [1.29, 1.82) is 0 Å². The number of pyridine rings is 1. The minimum atomic E-state index is -1.18. The molecule has 0 spiro atoms. The highest BCUT2D eigenvalue weighted by molar-refractivity contribution is 7.15. The Bertz CT molecular complexity index is 1250. The van der Waals surface area contributed by atoms with E-state index in [1.165, 1.54) is 16.2 Å². The first kappa shape index (κ1) is 23.9. The molecule has 0 radical (unpaired) electrons. The molecule has 0 aliphatic heterocycles. The number of halogens is 2. The number of nitrogens with zero attached hydrogens (tertiary/aromatic N) is 3. The standard InChI is InChI=1S/C25H19Cl2N3O3S/c26-19-11-9-17(10-12-19)16-33-24(32)22(18-6-2-1-3-7-18)23(31)30(21-8-4-5-13-28-21)15-20-14-29-25(27)34-20/h1-14,22H,15-16H2. The summed E-state index contributed by atoms with van der Waals surface area (Å²) >= 11 is 13.2. The smallest absolute Gasteiger partial charge is 0.323 e. The average molecular weight is 512 g/mol. The van der Waals surface area contributed by atoms with Crippen molar-refractivity contribution >= 4 is 52.2 Å². The van der Waals surface area contributed by atoms with E-state index in [1.54, 1.807) is 79.1 Å². The number of aromatic nitrogens is 2. The van der Waals surface area contributed by atoms with E-state index in [-0.39, 0.29) is 13.2 Å². The highest BCUT2D eigenvalue weighted by atomic mass is 35.5. The van der Waals surface area contributed by atoms with E-state index in [1.807, 2.05) is 6.07 Å². The van der Waals surface area contributed by atoms with Crippen LogP contribution in [0, 0.1) is 0 Å². The van der Waals surface area contributed by atoms with Crippen LogP contribution in [0.2, 0.25) is 9.49 Å². The lowest BCUT2D eigenvalue weighted by Crippen LogP contribution is -2.39. The molecule has 2 aromatic carbocycles. The van der Waals surface area contributed by atoms with Crippen LogP contribution in [0.4, 0.5) is 5.82 Å². The number of carbonyl (C=O) groups is 2. The van der Waals surface area contributed by atoms with E-state index in [0.717, 1.165) is 10.4 Å². The topological polar surface area (TPSA) is 72.4 Å². The van der Waals surface area contributed by atoms with Crippen LogP contribution in [-0.4, -0.2) is 21.8 Å². The van der Waals surface area contributed by atoms with E-state index < -0.39 is 17.8 Å². The van der Waals surface area contributed by atoms with Gasteiger partial charge in [-0.25, -0.2) is 9.97 Å². The minimum absolute atomic E-state index is 0.0145. The lowest BCUT2D eigenvalue weighted by atomic mass is 9.97. The molecule has 1 amide bonds. The van der Waals surface area contributed by atoms with Gasteiger partial charge in [0.1, 0.15) is 12.4 Å². The molecule has 0 aliphatic carbocycles. The Hall–Kier alpha value is -3.26. The van der Waals surface area contributed by atoms with Gasteiger partial charge in [0.05, 0.1) is 6.54 Å². The van der Waals surface area contributed by atoms with Crippen molar-refractivity contribution in [2.24, 2.45) is 0 Å². The number of amides is 1. The fraction of sp³-hybridized carbons (Fsp3) is 0.120. The fourth-order valence-corrected chi connectivity index (χ4v) is 4.39. The van der Waals surface area contributed by atoms with Gasteiger partial charge < -0.3 is 4.74 Å².